The van der Waals surface area contributed by atoms with Gasteiger partial charge in [0.2, 0.25) is 0 Å². The van der Waals surface area contributed by atoms with E-state index in [1.165, 1.54) is 0 Å². The first-order valence-electron chi connectivity index (χ1n) is 9.94. The van der Waals surface area contributed by atoms with E-state index >= 15 is 0 Å². The number of aliphatic hydroxyl groups is 1. The van der Waals surface area contributed by atoms with Gasteiger partial charge in [-0.25, -0.2) is 8.42 Å². The lowest BCUT2D eigenvalue weighted by atomic mass is 9.97. The molecule has 3 rings (SSSR count). The molecule has 0 aliphatic rings. The highest BCUT2D eigenvalue weighted by Gasteiger charge is 2.24. The second kappa shape index (κ2) is 10.7. The molecule has 1 N–H and O–H groups in total. The van der Waals surface area contributed by atoms with Crippen LogP contribution in [-0.4, -0.2) is 43.9 Å². The number of aliphatic hydroxyl groups excluding tert-OH is 1. The summed E-state index contributed by atoms with van der Waals surface area (Å²) in [5.41, 5.74) is 2.18. The first-order valence-corrected chi connectivity index (χ1v) is 12.0. The fourth-order valence-electron chi connectivity index (χ4n) is 3.53. The predicted octanol–water partition coefficient (Wildman–Crippen LogP) is 4.59. The Balaban J connectivity index is 1.89. The van der Waals surface area contributed by atoms with Gasteiger partial charge in [0.05, 0.1) is 16.7 Å². The van der Waals surface area contributed by atoms with E-state index in [9.17, 15) is 13.5 Å². The molecule has 4 nitrogen and oxygen atoms in total. The topological polar surface area (TPSA) is 57.6 Å². The summed E-state index contributed by atoms with van der Waals surface area (Å²) in [6.07, 6.45) is 0.567. The van der Waals surface area contributed by atoms with Crippen molar-refractivity contribution in [2.45, 2.75) is 17.4 Å². The van der Waals surface area contributed by atoms with E-state index in [2.05, 4.69) is 29.2 Å². The van der Waals surface area contributed by atoms with Crippen molar-refractivity contribution in [1.29, 1.82) is 0 Å². The molecule has 0 saturated heterocycles. The fraction of sp³-hybridized carbons (Fsp3) is 0.250. The van der Waals surface area contributed by atoms with Gasteiger partial charge < -0.3 is 5.11 Å². The van der Waals surface area contributed by atoms with Crippen LogP contribution in [0.3, 0.4) is 0 Å². The third kappa shape index (κ3) is 5.92. The Morgan fingerprint density at radius 2 is 1.33 bits per heavy atom. The maximum Gasteiger partial charge on any atom is 0.179 e. The van der Waals surface area contributed by atoms with E-state index in [4.69, 9.17) is 11.6 Å². The Morgan fingerprint density at radius 3 is 1.83 bits per heavy atom. The molecule has 0 unspecified atom stereocenters. The molecule has 0 amide bonds. The van der Waals surface area contributed by atoms with Gasteiger partial charge in [0, 0.05) is 24.7 Å². The lowest BCUT2D eigenvalue weighted by molar-refractivity contribution is 0.202. The zero-order valence-corrected chi connectivity index (χ0v) is 18.3. The van der Waals surface area contributed by atoms with Crippen LogP contribution in [0.15, 0.2) is 89.8 Å². The second-order valence-corrected chi connectivity index (χ2v) is 9.66. The highest BCUT2D eigenvalue weighted by molar-refractivity contribution is 7.91. The molecule has 0 spiro atoms. The molecule has 0 aliphatic heterocycles. The number of hydrogen-bond donors (Lipinski definition) is 1. The van der Waals surface area contributed by atoms with Crippen LogP contribution in [0.1, 0.15) is 23.6 Å². The molecule has 6 heteroatoms. The van der Waals surface area contributed by atoms with Gasteiger partial charge in [-0.3, -0.25) is 4.90 Å². The minimum Gasteiger partial charge on any atom is -0.396 e. The third-order valence-corrected chi connectivity index (χ3v) is 6.98. The van der Waals surface area contributed by atoms with Crippen LogP contribution in [0, 0.1) is 0 Å². The minimum atomic E-state index is -3.46. The van der Waals surface area contributed by atoms with Crippen LogP contribution in [0.5, 0.6) is 0 Å². The molecule has 0 bridgehead atoms. The van der Waals surface area contributed by atoms with Gasteiger partial charge in [-0.1, -0.05) is 72.3 Å². The van der Waals surface area contributed by atoms with E-state index in [0.29, 0.717) is 24.5 Å². The fourth-order valence-corrected chi connectivity index (χ4v) is 4.91. The van der Waals surface area contributed by atoms with E-state index in [1.54, 1.807) is 24.3 Å². The molecule has 0 saturated carbocycles. The largest absolute Gasteiger partial charge is 0.396 e. The lowest BCUT2D eigenvalue weighted by Gasteiger charge is -2.32. The molecular formula is C24H26ClNO3S. The summed E-state index contributed by atoms with van der Waals surface area (Å²) in [6, 6.07) is 26.3. The Bertz CT molecular complexity index is 970. The van der Waals surface area contributed by atoms with Crippen molar-refractivity contribution >= 4 is 21.4 Å². The van der Waals surface area contributed by atoms with Gasteiger partial charge in [-0.2, -0.15) is 0 Å². The summed E-state index contributed by atoms with van der Waals surface area (Å²) in [7, 11) is -3.46. The average molecular weight is 444 g/mol. The number of nitrogens with zero attached hydrogens (tertiary/aromatic N) is 1. The van der Waals surface area contributed by atoms with Crippen molar-refractivity contribution in [2.24, 2.45) is 0 Å². The summed E-state index contributed by atoms with van der Waals surface area (Å²) in [5, 5.41) is 9.92. The van der Waals surface area contributed by atoms with Gasteiger partial charge in [0.1, 0.15) is 0 Å². The minimum absolute atomic E-state index is 0.0176. The van der Waals surface area contributed by atoms with Crippen LogP contribution in [0.25, 0.3) is 0 Å². The van der Waals surface area contributed by atoms with Crippen molar-refractivity contribution in [1.82, 2.24) is 4.90 Å². The zero-order chi connectivity index (χ0) is 21.4. The summed E-state index contributed by atoms with van der Waals surface area (Å²) in [6.45, 7) is 0.983. The standard InChI is InChI=1S/C24H26ClNO3S/c25-22-12-14-23(15-13-22)30(28,29)19-17-26(16-7-18-27)24(20-8-3-1-4-9-20)21-10-5-2-6-11-21/h1-6,8-15,24,27H,7,16-19H2. The summed E-state index contributed by atoms with van der Waals surface area (Å²) >= 11 is 5.90. The molecule has 158 valence electrons. The van der Waals surface area contributed by atoms with E-state index in [1.807, 2.05) is 36.4 Å². The molecule has 0 atom stereocenters. The van der Waals surface area contributed by atoms with Crippen molar-refractivity contribution < 1.29 is 13.5 Å². The van der Waals surface area contributed by atoms with Gasteiger partial charge in [0.25, 0.3) is 0 Å². The maximum atomic E-state index is 12.9. The SMILES string of the molecule is O=S(=O)(CCN(CCCO)C(c1ccccc1)c1ccccc1)c1ccc(Cl)cc1. The summed E-state index contributed by atoms with van der Waals surface area (Å²) in [4.78, 5) is 2.40. The number of halogens is 1. The first-order chi connectivity index (χ1) is 14.5. The van der Waals surface area contributed by atoms with Crippen molar-refractivity contribution in [3.05, 3.63) is 101 Å². The van der Waals surface area contributed by atoms with Gasteiger partial charge >= 0.3 is 0 Å². The number of sulfone groups is 1. The van der Waals surface area contributed by atoms with Crippen LogP contribution < -0.4 is 0 Å². The lowest BCUT2D eigenvalue weighted by Crippen LogP contribution is -2.35. The third-order valence-electron chi connectivity index (χ3n) is 5.02. The smallest absolute Gasteiger partial charge is 0.179 e. The van der Waals surface area contributed by atoms with E-state index in [-0.39, 0.29) is 23.3 Å². The average Bonchev–Trinajstić information content (AvgIpc) is 2.77. The van der Waals surface area contributed by atoms with Crippen LogP contribution in [0.4, 0.5) is 0 Å². The number of rotatable bonds is 10. The molecule has 0 aliphatic carbocycles. The number of benzene rings is 3. The molecule has 0 heterocycles. The highest BCUT2D eigenvalue weighted by atomic mass is 35.5. The normalized spacial score (nSPS) is 11.9. The van der Waals surface area contributed by atoms with Gasteiger partial charge in [-0.15, -0.1) is 0 Å². The summed E-state index contributed by atoms with van der Waals surface area (Å²) in [5.74, 6) is -0.0176. The molecule has 3 aromatic rings. The van der Waals surface area contributed by atoms with Crippen LogP contribution in [0.2, 0.25) is 5.02 Å². The molecule has 3 aromatic carbocycles. The molecule has 0 radical (unpaired) electrons. The van der Waals surface area contributed by atoms with Gasteiger partial charge in [0.15, 0.2) is 9.84 Å². The van der Waals surface area contributed by atoms with Crippen molar-refractivity contribution in [2.75, 3.05) is 25.4 Å². The molecule has 0 aromatic heterocycles. The van der Waals surface area contributed by atoms with E-state index in [0.717, 1.165) is 11.1 Å². The Hall–Kier alpha value is -2.18. The quantitative estimate of drug-likeness (QED) is 0.498. The molecular weight excluding hydrogens is 418 g/mol. The summed E-state index contributed by atoms with van der Waals surface area (Å²) < 4.78 is 25.8. The van der Waals surface area contributed by atoms with Crippen LogP contribution in [-0.2, 0) is 9.84 Å². The van der Waals surface area contributed by atoms with Crippen LogP contribution >= 0.6 is 11.6 Å². The first kappa shape index (κ1) is 22.5. The Kier molecular flexibility index (Phi) is 8.05. The highest BCUT2D eigenvalue weighted by Crippen LogP contribution is 2.29. The Morgan fingerprint density at radius 1 is 0.800 bits per heavy atom. The molecule has 30 heavy (non-hydrogen) atoms. The van der Waals surface area contributed by atoms with Crippen molar-refractivity contribution in [3.63, 3.8) is 0 Å². The maximum absolute atomic E-state index is 12.9. The molecule has 0 fully saturated rings. The Labute approximate surface area is 183 Å². The second-order valence-electron chi connectivity index (χ2n) is 7.11. The monoisotopic (exact) mass is 443 g/mol. The number of hydrogen-bond acceptors (Lipinski definition) is 4. The van der Waals surface area contributed by atoms with Gasteiger partial charge in [-0.05, 0) is 41.8 Å². The van der Waals surface area contributed by atoms with Crippen molar-refractivity contribution in [3.8, 4) is 0 Å². The zero-order valence-electron chi connectivity index (χ0n) is 16.7. The van der Waals surface area contributed by atoms with E-state index < -0.39 is 9.84 Å². The predicted molar refractivity (Wildman–Crippen MR) is 122 cm³/mol.